The van der Waals surface area contributed by atoms with E-state index in [0.717, 1.165) is 38.1 Å². The number of rotatable bonds is 8. The summed E-state index contributed by atoms with van der Waals surface area (Å²) in [5.41, 5.74) is 5.47. The highest BCUT2D eigenvalue weighted by atomic mass is 32.2. The second-order valence-electron chi connectivity index (χ2n) is 5.97. The first-order valence-electron chi connectivity index (χ1n) is 8.55. The van der Waals surface area contributed by atoms with E-state index in [1.54, 1.807) is 11.8 Å². The average Bonchev–Trinajstić information content (AvgIpc) is 2.62. The van der Waals surface area contributed by atoms with Gasteiger partial charge in [-0.2, -0.15) is 0 Å². The molecule has 1 aliphatic heterocycles. The van der Waals surface area contributed by atoms with E-state index in [1.165, 1.54) is 4.90 Å². The molecule has 1 amide bonds. The maximum Gasteiger partial charge on any atom is 0.263 e. The summed E-state index contributed by atoms with van der Waals surface area (Å²) in [6, 6.07) is 7.82. The number of nitrogens with two attached hydrogens (primary N) is 1. The lowest BCUT2D eigenvalue weighted by Gasteiger charge is -2.33. The zero-order chi connectivity index (χ0) is 17.4. The maximum absolute atomic E-state index is 12.5. The van der Waals surface area contributed by atoms with Gasteiger partial charge in [0.1, 0.15) is 5.75 Å². The zero-order valence-electron chi connectivity index (χ0n) is 14.6. The Morgan fingerprint density at radius 1 is 1.33 bits per heavy atom. The van der Waals surface area contributed by atoms with Crippen molar-refractivity contribution in [3.8, 4) is 5.75 Å². The van der Waals surface area contributed by atoms with Gasteiger partial charge in [0.2, 0.25) is 0 Å². The van der Waals surface area contributed by atoms with Crippen LogP contribution in [0.3, 0.4) is 0 Å². The van der Waals surface area contributed by atoms with Crippen LogP contribution in [0.15, 0.2) is 29.2 Å². The molecule has 0 aromatic heterocycles. The lowest BCUT2D eigenvalue weighted by atomic mass is 10.1. The molecule has 1 aromatic carbocycles. The molecule has 1 aliphatic rings. The van der Waals surface area contributed by atoms with Gasteiger partial charge in [0.15, 0.2) is 6.10 Å². The van der Waals surface area contributed by atoms with Crippen molar-refractivity contribution in [2.75, 3.05) is 32.5 Å². The van der Waals surface area contributed by atoms with E-state index in [1.807, 2.05) is 42.3 Å². The lowest BCUT2D eigenvalue weighted by molar-refractivity contribution is -0.140. The van der Waals surface area contributed by atoms with Crippen LogP contribution in [0.5, 0.6) is 5.75 Å². The Morgan fingerprint density at radius 3 is 2.58 bits per heavy atom. The number of benzene rings is 1. The number of ether oxygens (including phenoxy) is 2. The van der Waals surface area contributed by atoms with E-state index < -0.39 is 6.10 Å². The topological polar surface area (TPSA) is 64.8 Å². The van der Waals surface area contributed by atoms with Crippen molar-refractivity contribution in [3.05, 3.63) is 24.3 Å². The maximum atomic E-state index is 12.5. The molecule has 6 heteroatoms. The summed E-state index contributed by atoms with van der Waals surface area (Å²) >= 11 is 1.68. The molecule has 0 bridgehead atoms. The molecule has 0 spiro atoms. The van der Waals surface area contributed by atoms with Crippen LogP contribution < -0.4 is 10.5 Å². The summed E-state index contributed by atoms with van der Waals surface area (Å²) in [6.07, 6.45) is 4.46. The van der Waals surface area contributed by atoms with Crippen LogP contribution >= 0.6 is 11.8 Å². The van der Waals surface area contributed by atoms with Crippen LogP contribution in [0.4, 0.5) is 0 Å². The highest BCUT2D eigenvalue weighted by Gasteiger charge is 2.27. The number of amides is 1. The molecule has 0 radical (unpaired) electrons. The fourth-order valence-corrected chi connectivity index (χ4v) is 3.15. The van der Waals surface area contributed by atoms with E-state index in [-0.39, 0.29) is 12.0 Å². The first-order valence-corrected chi connectivity index (χ1v) is 9.77. The molecule has 1 aromatic rings. The molecule has 0 aliphatic carbocycles. The number of thioether (sulfide) groups is 1. The number of carbonyl (C=O) groups is 1. The lowest BCUT2D eigenvalue weighted by Crippen LogP contribution is -2.46. The largest absolute Gasteiger partial charge is 0.481 e. The predicted molar refractivity (Wildman–Crippen MR) is 97.5 cm³/mol. The van der Waals surface area contributed by atoms with Gasteiger partial charge >= 0.3 is 0 Å². The zero-order valence-corrected chi connectivity index (χ0v) is 15.4. The number of piperidine rings is 1. The number of likely N-dealkylation sites (tertiary alicyclic amines) is 1. The van der Waals surface area contributed by atoms with Crippen molar-refractivity contribution in [3.63, 3.8) is 0 Å². The molecular formula is C18H28N2O3S. The molecule has 0 saturated carbocycles. The molecule has 5 nitrogen and oxygen atoms in total. The molecule has 2 rings (SSSR count). The Morgan fingerprint density at radius 2 is 2.00 bits per heavy atom. The van der Waals surface area contributed by atoms with Gasteiger partial charge in [-0.25, -0.2) is 0 Å². The minimum Gasteiger partial charge on any atom is -0.481 e. The predicted octanol–water partition coefficient (Wildman–Crippen LogP) is 2.53. The molecule has 1 fully saturated rings. The van der Waals surface area contributed by atoms with Gasteiger partial charge in [-0.3, -0.25) is 4.79 Å². The molecule has 1 atom stereocenters. The van der Waals surface area contributed by atoms with Gasteiger partial charge in [0.05, 0.1) is 6.10 Å². The molecule has 1 saturated heterocycles. The van der Waals surface area contributed by atoms with E-state index in [4.69, 9.17) is 15.2 Å². The molecule has 24 heavy (non-hydrogen) atoms. The minimum atomic E-state index is -0.472. The third kappa shape index (κ3) is 5.69. The van der Waals surface area contributed by atoms with E-state index in [0.29, 0.717) is 13.2 Å². The van der Waals surface area contributed by atoms with E-state index in [2.05, 4.69) is 0 Å². The molecule has 134 valence electrons. The summed E-state index contributed by atoms with van der Waals surface area (Å²) in [5, 5.41) is 0. The van der Waals surface area contributed by atoms with Crippen molar-refractivity contribution < 1.29 is 14.3 Å². The van der Waals surface area contributed by atoms with Gasteiger partial charge in [0.25, 0.3) is 5.91 Å². The SMILES string of the molecule is CSc1ccc(OC(C)C(=O)N2CCC(OCCCN)CC2)cc1. The molecule has 1 heterocycles. The molecule has 2 N–H and O–H groups in total. The van der Waals surface area contributed by atoms with Crippen molar-refractivity contribution in [1.82, 2.24) is 4.90 Å². The first kappa shape index (κ1) is 19.1. The fraction of sp³-hybridized carbons (Fsp3) is 0.611. The van der Waals surface area contributed by atoms with Gasteiger partial charge in [-0.15, -0.1) is 11.8 Å². The normalized spacial score (nSPS) is 16.9. The second-order valence-corrected chi connectivity index (χ2v) is 6.85. The van der Waals surface area contributed by atoms with Crippen LogP contribution in [-0.2, 0) is 9.53 Å². The molecule has 1 unspecified atom stereocenters. The fourth-order valence-electron chi connectivity index (χ4n) is 2.74. The van der Waals surface area contributed by atoms with E-state index >= 15 is 0 Å². The highest BCUT2D eigenvalue weighted by Crippen LogP contribution is 2.21. The van der Waals surface area contributed by atoms with Gasteiger partial charge in [0, 0.05) is 24.6 Å². The van der Waals surface area contributed by atoms with Gasteiger partial charge < -0.3 is 20.1 Å². The van der Waals surface area contributed by atoms with Crippen LogP contribution in [0.2, 0.25) is 0 Å². The average molecular weight is 353 g/mol. The van der Waals surface area contributed by atoms with Crippen LogP contribution in [-0.4, -0.2) is 55.5 Å². The number of hydrogen-bond acceptors (Lipinski definition) is 5. The summed E-state index contributed by atoms with van der Waals surface area (Å²) in [7, 11) is 0. The van der Waals surface area contributed by atoms with Crippen LogP contribution in [0, 0.1) is 0 Å². The standard InChI is InChI=1S/C18H28N2O3S/c1-14(23-16-4-6-17(24-2)7-5-16)18(21)20-11-8-15(9-12-20)22-13-3-10-19/h4-7,14-15H,3,8-13,19H2,1-2H3. The van der Waals surface area contributed by atoms with Gasteiger partial charge in [-0.05, 0) is 63.3 Å². The van der Waals surface area contributed by atoms with Gasteiger partial charge in [-0.1, -0.05) is 0 Å². The Kier molecular flexibility index (Phi) is 7.88. The third-order valence-electron chi connectivity index (χ3n) is 4.18. The number of hydrogen-bond donors (Lipinski definition) is 1. The smallest absolute Gasteiger partial charge is 0.263 e. The monoisotopic (exact) mass is 352 g/mol. The van der Waals surface area contributed by atoms with Crippen LogP contribution in [0.1, 0.15) is 26.2 Å². The van der Waals surface area contributed by atoms with Crippen molar-refractivity contribution in [2.24, 2.45) is 5.73 Å². The summed E-state index contributed by atoms with van der Waals surface area (Å²) in [5.74, 6) is 0.776. The Bertz CT molecular complexity index is 501. The summed E-state index contributed by atoms with van der Waals surface area (Å²) < 4.78 is 11.6. The Hall–Kier alpha value is -1.24. The third-order valence-corrected chi connectivity index (χ3v) is 4.92. The van der Waals surface area contributed by atoms with Crippen LogP contribution in [0.25, 0.3) is 0 Å². The van der Waals surface area contributed by atoms with E-state index in [9.17, 15) is 4.79 Å². The minimum absolute atomic E-state index is 0.0457. The quantitative estimate of drug-likeness (QED) is 0.575. The first-order chi connectivity index (χ1) is 11.6. The number of carbonyl (C=O) groups excluding carboxylic acids is 1. The Balaban J connectivity index is 1.77. The molecular weight excluding hydrogens is 324 g/mol. The van der Waals surface area contributed by atoms with Crippen molar-refractivity contribution >= 4 is 17.7 Å². The number of nitrogens with zero attached hydrogens (tertiary/aromatic N) is 1. The summed E-state index contributed by atoms with van der Waals surface area (Å²) in [4.78, 5) is 15.6. The second kappa shape index (κ2) is 9.91. The Labute approximate surface area is 148 Å². The summed E-state index contributed by atoms with van der Waals surface area (Å²) in [6.45, 7) is 4.63. The highest BCUT2D eigenvalue weighted by molar-refractivity contribution is 7.98. The van der Waals surface area contributed by atoms with Crippen molar-refractivity contribution in [1.29, 1.82) is 0 Å². The van der Waals surface area contributed by atoms with Crippen molar-refractivity contribution in [2.45, 2.75) is 43.3 Å².